The minimum atomic E-state index is -0.140. The Hall–Kier alpha value is -1.48. The van der Waals surface area contributed by atoms with E-state index in [-0.39, 0.29) is 15.8 Å². The van der Waals surface area contributed by atoms with E-state index in [1.165, 1.54) is 34.1 Å². The van der Waals surface area contributed by atoms with Crippen molar-refractivity contribution in [2.45, 2.75) is 12.3 Å². The zero-order chi connectivity index (χ0) is 16.8. The Bertz CT molecular complexity index is 687. The summed E-state index contributed by atoms with van der Waals surface area (Å²) >= 11 is 0. The lowest BCUT2D eigenvalue weighted by molar-refractivity contribution is 1.27. The quantitative estimate of drug-likeness (QED) is 0.511. The van der Waals surface area contributed by atoms with E-state index < -0.39 is 0 Å². The molecular weight excluding hydrogens is 326 g/mol. The van der Waals surface area contributed by atoms with Crippen molar-refractivity contribution in [2.24, 2.45) is 0 Å². The van der Waals surface area contributed by atoms with Crippen LogP contribution in [0.4, 0.5) is 0 Å². The van der Waals surface area contributed by atoms with Gasteiger partial charge in [-0.15, -0.1) is 0 Å². The smallest absolute Gasteiger partial charge is 0.00324 e. The molecule has 0 spiro atoms. The van der Waals surface area contributed by atoms with Gasteiger partial charge < -0.3 is 0 Å². The first-order valence-corrected chi connectivity index (χ1v) is 12.3. The maximum absolute atomic E-state index is 2.40. The van der Waals surface area contributed by atoms with Gasteiger partial charge >= 0.3 is 0 Å². The number of hydrogen-bond donors (Lipinski definition) is 0. The van der Waals surface area contributed by atoms with Crippen LogP contribution in [0.3, 0.4) is 0 Å². The molecule has 0 radical (unpaired) electrons. The fraction of sp³-hybridized carbons (Fsp3) is 0.182. The molecule has 0 nitrogen and oxygen atoms in total. The van der Waals surface area contributed by atoms with Crippen molar-refractivity contribution >= 4 is 26.5 Å². The number of rotatable bonds is 6. The van der Waals surface area contributed by atoms with Crippen molar-refractivity contribution in [3.8, 4) is 0 Å². The normalized spacial score (nSPS) is 13.4. The maximum atomic E-state index is 2.40. The summed E-state index contributed by atoms with van der Waals surface area (Å²) in [4.78, 5) is 0. The summed E-state index contributed by atoms with van der Waals surface area (Å²) in [6.07, 6.45) is 2.35. The van der Waals surface area contributed by atoms with Crippen molar-refractivity contribution in [1.29, 1.82) is 0 Å². The predicted octanol–water partition coefficient (Wildman–Crippen LogP) is 5.56. The highest BCUT2D eigenvalue weighted by molar-refractivity contribution is 7.64. The van der Waals surface area contributed by atoms with Gasteiger partial charge in [0.05, 0.1) is 0 Å². The Morgan fingerprint density at radius 2 is 0.833 bits per heavy atom. The van der Waals surface area contributed by atoms with Gasteiger partial charge in [-0.05, 0) is 47.4 Å². The first kappa shape index (κ1) is 17.3. The summed E-state index contributed by atoms with van der Waals surface area (Å²) in [5, 5.41) is 2.98. The second kappa shape index (κ2) is 8.57. The van der Waals surface area contributed by atoms with E-state index in [0.717, 1.165) is 0 Å². The van der Waals surface area contributed by atoms with Crippen molar-refractivity contribution in [2.75, 3.05) is 13.3 Å². The largest absolute Gasteiger partial charge is 0.0740 e. The lowest BCUT2D eigenvalue weighted by Crippen LogP contribution is -2.04. The van der Waals surface area contributed by atoms with E-state index in [9.17, 15) is 0 Å². The monoisotopic (exact) mass is 350 g/mol. The Morgan fingerprint density at radius 3 is 1.21 bits per heavy atom. The first-order valence-electron chi connectivity index (χ1n) is 8.33. The van der Waals surface area contributed by atoms with Crippen LogP contribution in [0.2, 0.25) is 0 Å². The Balaban J connectivity index is 1.76. The lowest BCUT2D eigenvalue weighted by atomic mass is 10.1. The van der Waals surface area contributed by atoms with Crippen LogP contribution in [0.15, 0.2) is 84.9 Å². The fourth-order valence-electron chi connectivity index (χ4n) is 2.92. The van der Waals surface area contributed by atoms with Crippen molar-refractivity contribution < 1.29 is 0 Å². The van der Waals surface area contributed by atoms with Crippen LogP contribution in [0.25, 0.3) is 0 Å². The van der Waals surface area contributed by atoms with E-state index >= 15 is 0 Å². The molecule has 0 aromatic heterocycles. The molecule has 0 saturated heterocycles. The molecule has 0 heterocycles. The average molecular weight is 350 g/mol. The van der Waals surface area contributed by atoms with Crippen LogP contribution in [0, 0.1) is 0 Å². The lowest BCUT2D eigenvalue weighted by Gasteiger charge is -2.18. The van der Waals surface area contributed by atoms with Gasteiger partial charge in [0, 0.05) is 0 Å². The second-order valence-electron chi connectivity index (χ2n) is 6.15. The van der Waals surface area contributed by atoms with Crippen molar-refractivity contribution in [3.05, 3.63) is 96.1 Å². The highest BCUT2D eigenvalue weighted by Crippen LogP contribution is 2.39. The second-order valence-corrected chi connectivity index (χ2v) is 10.6. The van der Waals surface area contributed by atoms with E-state index in [0.29, 0.717) is 0 Å². The van der Waals surface area contributed by atoms with Gasteiger partial charge in [0.2, 0.25) is 0 Å². The molecule has 122 valence electrons. The predicted molar refractivity (Wildman–Crippen MR) is 112 cm³/mol. The molecule has 3 aromatic rings. The highest BCUT2D eigenvalue weighted by atomic mass is 31.1. The molecule has 0 N–H and O–H groups in total. The molecule has 0 amide bonds. The van der Waals surface area contributed by atoms with Gasteiger partial charge in [-0.2, -0.15) is 0 Å². The fourth-order valence-corrected chi connectivity index (χ4v) is 6.29. The number of benzene rings is 3. The topological polar surface area (TPSA) is 0 Å². The van der Waals surface area contributed by atoms with Crippen LogP contribution in [0.5, 0.6) is 0 Å². The highest BCUT2D eigenvalue weighted by Gasteiger charge is 2.12. The summed E-state index contributed by atoms with van der Waals surface area (Å²) in [5.74, 6) is 0. The van der Waals surface area contributed by atoms with Crippen LogP contribution in [-0.4, -0.2) is 13.3 Å². The molecule has 3 rings (SSSR count). The van der Waals surface area contributed by atoms with Crippen LogP contribution < -0.4 is 10.6 Å². The van der Waals surface area contributed by atoms with E-state index in [4.69, 9.17) is 0 Å². The number of hydrogen-bond acceptors (Lipinski definition) is 0. The molecule has 3 aromatic carbocycles. The van der Waals surface area contributed by atoms with Gasteiger partial charge in [0.1, 0.15) is 0 Å². The maximum Gasteiger partial charge on any atom is -0.00324 e. The van der Waals surface area contributed by atoms with Gasteiger partial charge in [-0.25, -0.2) is 0 Å². The minimum absolute atomic E-state index is 0.140. The Kier molecular flexibility index (Phi) is 6.19. The van der Waals surface area contributed by atoms with Gasteiger partial charge in [0.25, 0.3) is 0 Å². The molecule has 0 aliphatic carbocycles. The molecule has 0 aliphatic rings. The summed E-state index contributed by atoms with van der Waals surface area (Å²) in [6, 6.07) is 30.9. The van der Waals surface area contributed by atoms with E-state index in [1.807, 2.05) is 0 Å². The molecule has 0 fully saturated rings. The van der Waals surface area contributed by atoms with Crippen LogP contribution in [0.1, 0.15) is 11.1 Å². The Morgan fingerprint density at radius 1 is 0.500 bits per heavy atom. The SMILES string of the molecule is CP(Cc1ccccc1CP(C)c1ccccc1)c1ccccc1. The molecule has 2 unspecified atom stereocenters. The third-order valence-electron chi connectivity index (χ3n) is 4.33. The Labute approximate surface area is 148 Å². The third-order valence-corrected chi connectivity index (χ3v) is 8.32. The van der Waals surface area contributed by atoms with Gasteiger partial charge in [0.15, 0.2) is 0 Å². The molecular formula is C22H24P2. The molecule has 24 heavy (non-hydrogen) atoms. The van der Waals surface area contributed by atoms with Gasteiger partial charge in [-0.1, -0.05) is 101 Å². The summed E-state index contributed by atoms with van der Waals surface area (Å²) in [5.41, 5.74) is 3.06. The first-order chi connectivity index (χ1) is 11.7. The van der Waals surface area contributed by atoms with E-state index in [1.54, 1.807) is 0 Å². The zero-order valence-corrected chi connectivity index (χ0v) is 16.2. The van der Waals surface area contributed by atoms with Crippen LogP contribution in [-0.2, 0) is 12.3 Å². The van der Waals surface area contributed by atoms with Gasteiger partial charge in [-0.3, -0.25) is 0 Å². The zero-order valence-electron chi connectivity index (χ0n) is 14.4. The third kappa shape index (κ3) is 4.54. The standard InChI is InChI=1S/C22H24P2/c1-23(21-13-5-3-6-14-21)17-19-11-9-10-12-20(19)18-24(2)22-15-7-4-8-16-22/h3-16H,17-18H2,1-2H3. The van der Waals surface area contributed by atoms with Crippen molar-refractivity contribution in [1.82, 2.24) is 0 Å². The summed E-state index contributed by atoms with van der Waals surface area (Å²) in [6.45, 7) is 4.79. The molecule has 2 atom stereocenters. The van der Waals surface area contributed by atoms with Crippen molar-refractivity contribution in [3.63, 3.8) is 0 Å². The molecule has 0 saturated carbocycles. The summed E-state index contributed by atoms with van der Waals surface area (Å²) in [7, 11) is -0.280. The average Bonchev–Trinajstić information content (AvgIpc) is 2.64. The van der Waals surface area contributed by atoms with E-state index in [2.05, 4.69) is 98.3 Å². The molecule has 0 aliphatic heterocycles. The summed E-state index contributed by atoms with van der Waals surface area (Å²) < 4.78 is 0. The molecule has 0 bridgehead atoms. The minimum Gasteiger partial charge on any atom is -0.0740 e. The van der Waals surface area contributed by atoms with Crippen LogP contribution >= 0.6 is 15.8 Å². The molecule has 2 heteroatoms.